The van der Waals surface area contributed by atoms with E-state index < -0.39 is 57.6 Å². The molecule has 123 heavy (non-hydrogen) atoms. The molecule has 3 aromatic heterocycles. The van der Waals surface area contributed by atoms with Gasteiger partial charge in [-0.15, -0.1) is 0 Å². The maximum Gasteiger partial charge on any atom is 0.356 e. The van der Waals surface area contributed by atoms with Gasteiger partial charge in [0.1, 0.15) is 35.1 Å². The number of sulfonamides is 1. The third-order valence-electron chi connectivity index (χ3n) is 18.1. The molecule has 0 amide bonds. The van der Waals surface area contributed by atoms with Gasteiger partial charge >= 0.3 is 5.97 Å². The van der Waals surface area contributed by atoms with Crippen LogP contribution in [0.5, 0.6) is 0 Å². The minimum Gasteiger partial charge on any atom is -0.461 e. The first-order valence-corrected chi connectivity index (χ1v) is 51.5. The summed E-state index contributed by atoms with van der Waals surface area (Å²) in [5.74, 6) is -1.87. The number of nitriles is 2. The number of benzene rings is 10. The van der Waals surface area contributed by atoms with Crippen LogP contribution in [0.1, 0.15) is 100 Å². The van der Waals surface area contributed by atoms with E-state index in [-0.39, 0.29) is 55.3 Å². The third-order valence-corrected chi connectivity index (χ3v) is 31.6. The number of carbonyl (C=O) groups is 3. The fourth-order valence-corrected chi connectivity index (χ4v) is 20.7. The number of nitrogens with zero attached hydrogens (tertiary/aromatic N) is 6. The standard InChI is InChI=1S/C22H20BrN3O3S.C19H15BrN2O3S.C19H18BrNO4S.C14H13BrINO2S.C7H7BrIN.C7H8BrN.CH3I/c1-14-5-7-18(8-6-14)30(28,29)26-20-11-19(23)15(2)9-16(20)10-21(26)22(27)17(12-24)13-25(3)4;1-12-3-5-15(6-4-12)26(24,25)22-17-11-16(20)13(2)9-14(17)10-18(22)19(23)7-8-21;1-4-25-19(22)18-10-14-9-13(3)16(20)11-17(14)21(18)26(23,24)15-7-5-12(2)6-8-15;1-9-3-5-11(6-4-9)20(18,19)17-14-8-12(15)10(2)7-13(14)16;1-4-2-6(9)7(10)3-5(4)8;1-5-2-3-6(9)4-7(5)8;1-2/h5-11,13H,1-4H3;3-6,9-11H,7H2,1-2H3;5-11H,4H2,1-3H3;3-8,17H,1-2H3;2-3H,10H2,1H3;2-4H,9H2,1H3;1H3/b17-13+;;;;;;. The van der Waals surface area contributed by atoms with E-state index in [0.717, 1.165) is 102 Å². The van der Waals surface area contributed by atoms with E-state index in [9.17, 15) is 53.3 Å². The number of nitrogens with two attached hydrogens (primary N) is 2. The molecule has 0 atom stereocenters. The molecule has 644 valence electrons. The van der Waals surface area contributed by atoms with Gasteiger partial charge in [-0.2, -0.15) is 10.5 Å². The molecule has 5 N–H and O–H groups in total. The Bertz CT molecular complexity index is 6750. The molecule has 0 aliphatic rings. The molecule has 13 rings (SSSR count). The fourth-order valence-electron chi connectivity index (χ4n) is 11.5. The van der Waals surface area contributed by atoms with E-state index in [1.807, 2.05) is 123 Å². The number of Topliss-reactive ketones (excluding diaryl/α,β-unsaturated/α-hetero) is 2. The maximum absolute atomic E-state index is 13.6. The molecule has 0 saturated heterocycles. The number of rotatable bonds is 16. The van der Waals surface area contributed by atoms with E-state index in [2.05, 4.69) is 174 Å². The van der Waals surface area contributed by atoms with E-state index in [1.165, 1.54) is 65.9 Å². The third kappa shape index (κ3) is 25.9. The van der Waals surface area contributed by atoms with E-state index in [4.69, 9.17) is 21.5 Å². The summed E-state index contributed by atoms with van der Waals surface area (Å²) in [5.41, 5.74) is 24.3. The number of anilines is 3. The molecule has 0 radical (unpaired) electrons. The number of hydrogen-bond donors (Lipinski definition) is 3. The van der Waals surface area contributed by atoms with Gasteiger partial charge in [-0.3, -0.25) is 14.3 Å². The van der Waals surface area contributed by atoms with Crippen LogP contribution in [0.2, 0.25) is 0 Å². The quantitative estimate of drug-likeness (QED) is 0.0154. The summed E-state index contributed by atoms with van der Waals surface area (Å²) in [6, 6.07) is 58.4. The number of aromatic nitrogens is 3. The minimum atomic E-state index is -4.09. The van der Waals surface area contributed by atoms with Crippen molar-refractivity contribution in [3.05, 3.63) is 313 Å². The zero-order chi connectivity index (χ0) is 91.8. The number of carbonyl (C=O) groups excluding carboxylic acids is 3. The molecule has 0 aliphatic carbocycles. The number of alkyl halides is 1. The monoisotopic (exact) mass is 2450 g/mol. The van der Waals surface area contributed by atoms with Crippen molar-refractivity contribution in [2.75, 3.05) is 41.8 Å². The van der Waals surface area contributed by atoms with Crippen molar-refractivity contribution >= 4 is 271 Å². The second-order valence-corrected chi connectivity index (χ2v) is 42.4. The lowest BCUT2D eigenvalue weighted by Crippen LogP contribution is -2.20. The molecular formula is C89H84Br6I3N9O12S4. The number of aryl methyl sites for hydroxylation is 10. The van der Waals surface area contributed by atoms with E-state index in [0.29, 0.717) is 38.4 Å². The van der Waals surface area contributed by atoms with Gasteiger partial charge < -0.3 is 21.1 Å². The van der Waals surface area contributed by atoms with Crippen molar-refractivity contribution in [3.63, 3.8) is 0 Å². The van der Waals surface area contributed by atoms with Crippen LogP contribution < -0.4 is 16.2 Å². The highest BCUT2D eigenvalue weighted by molar-refractivity contribution is 14.1. The minimum absolute atomic E-state index is 0.0140. The summed E-state index contributed by atoms with van der Waals surface area (Å²) in [4.78, 5) is 42.1. The number of nitrogen functional groups attached to an aromatic ring is 2. The first-order chi connectivity index (χ1) is 57.7. The van der Waals surface area contributed by atoms with Gasteiger partial charge in [-0.25, -0.2) is 50.4 Å². The molecule has 0 aliphatic heterocycles. The summed E-state index contributed by atoms with van der Waals surface area (Å²) in [7, 11) is -12.2. The van der Waals surface area contributed by atoms with Crippen LogP contribution >= 0.6 is 163 Å². The molecule has 0 fully saturated rings. The number of fused-ring (bicyclic) bond motifs is 3. The van der Waals surface area contributed by atoms with Crippen molar-refractivity contribution in [1.29, 1.82) is 10.5 Å². The van der Waals surface area contributed by atoms with Crippen molar-refractivity contribution in [2.24, 2.45) is 0 Å². The zero-order valence-electron chi connectivity index (χ0n) is 68.7. The second kappa shape index (κ2) is 44.7. The number of ketones is 2. The first kappa shape index (κ1) is 102. The Kier molecular flexibility index (Phi) is 37.3. The molecule has 34 heteroatoms. The Hall–Kier alpha value is -7.58. The number of nitrogens with one attached hydrogen (secondary N) is 1. The highest BCUT2D eigenvalue weighted by atomic mass is 127. The smallest absolute Gasteiger partial charge is 0.356 e. The zero-order valence-corrected chi connectivity index (χ0v) is 88.0. The Morgan fingerprint density at radius 2 is 0.789 bits per heavy atom. The maximum atomic E-state index is 13.6. The lowest BCUT2D eigenvalue weighted by molar-refractivity contribution is 0.0518. The first-order valence-electron chi connectivity index (χ1n) is 36.6. The summed E-state index contributed by atoms with van der Waals surface area (Å²) in [6.45, 7) is 21.1. The normalized spacial score (nSPS) is 11.2. The summed E-state index contributed by atoms with van der Waals surface area (Å²) < 4.78 is 123. The molecule has 0 bridgehead atoms. The lowest BCUT2D eigenvalue weighted by Gasteiger charge is -2.13. The predicted octanol–water partition coefficient (Wildman–Crippen LogP) is 24.0. The summed E-state index contributed by atoms with van der Waals surface area (Å²) >= 11 is 27.0. The topological polar surface area (TPSA) is 327 Å². The summed E-state index contributed by atoms with van der Waals surface area (Å²) in [6.07, 6.45) is 0.990. The molecule has 13 aromatic rings. The Morgan fingerprint density at radius 3 is 1.15 bits per heavy atom. The van der Waals surface area contributed by atoms with Crippen molar-refractivity contribution in [2.45, 2.75) is 102 Å². The van der Waals surface area contributed by atoms with Gasteiger partial charge in [0, 0.05) is 81.8 Å². The van der Waals surface area contributed by atoms with Gasteiger partial charge in [0.15, 0.2) is 5.78 Å². The lowest BCUT2D eigenvalue weighted by atomic mass is 10.1. The van der Waals surface area contributed by atoms with Crippen molar-refractivity contribution in [1.82, 2.24) is 16.8 Å². The Balaban J connectivity index is 0.000000210. The van der Waals surface area contributed by atoms with Crippen LogP contribution in [0.4, 0.5) is 17.1 Å². The average Bonchev–Trinajstić information content (AvgIpc) is 1.61. The average molecular weight is 2460 g/mol. The van der Waals surface area contributed by atoms with Crippen LogP contribution in [0, 0.1) is 99.0 Å². The van der Waals surface area contributed by atoms with Gasteiger partial charge in [-0.1, -0.05) is 195 Å². The number of allylic oxidation sites excluding steroid dienone is 1. The van der Waals surface area contributed by atoms with Crippen molar-refractivity contribution < 1.29 is 52.8 Å². The van der Waals surface area contributed by atoms with Crippen molar-refractivity contribution in [3.8, 4) is 12.1 Å². The SMILES string of the molecule is CCOC(=O)c1cc2cc(C)c(Br)cc2n1S(=O)(=O)c1ccc(C)cc1.CI.Cc1cc(I)c(N)cc1Br.Cc1ccc(N)cc1Br.Cc1ccc(S(=O)(=O)Nc2cc(Br)c(C)cc2I)cc1.Cc1ccc(S(=O)(=O)n2c(C(=O)/C(C#N)=C/N(C)C)cc3cc(C)c(Br)cc32)cc1.Cc1ccc(S(=O)(=O)n2c(C(=O)CC#N)cc3cc(C)c(Br)cc32)cc1. The Morgan fingerprint density at radius 1 is 0.447 bits per heavy atom. The fraction of sp³-hybridized carbons (Fsp3) is 0.180. The molecule has 10 aromatic carbocycles. The van der Waals surface area contributed by atoms with E-state index >= 15 is 0 Å². The van der Waals surface area contributed by atoms with Crippen LogP contribution in [-0.4, -0.2) is 93.7 Å². The van der Waals surface area contributed by atoms with Gasteiger partial charge in [0.2, 0.25) is 5.78 Å². The highest BCUT2D eigenvalue weighted by Gasteiger charge is 2.32. The van der Waals surface area contributed by atoms with Gasteiger partial charge in [-0.05, 0) is 299 Å². The van der Waals surface area contributed by atoms with E-state index in [1.54, 1.807) is 129 Å². The second-order valence-electron chi connectivity index (χ2n) is 27.9. The number of halogens is 9. The molecule has 0 saturated carbocycles. The van der Waals surface area contributed by atoms with Crippen LogP contribution in [0.15, 0.2) is 252 Å². The molecule has 3 heterocycles. The molecular weight excluding hydrogens is 2380 g/mol. The van der Waals surface area contributed by atoms with Crippen LogP contribution in [0.25, 0.3) is 32.7 Å². The summed E-state index contributed by atoms with van der Waals surface area (Å²) in [5, 5.41) is 20.2. The predicted molar refractivity (Wildman–Crippen MR) is 539 cm³/mol. The molecule has 0 spiro atoms. The Labute approximate surface area is 809 Å². The number of esters is 1. The largest absolute Gasteiger partial charge is 0.461 e. The highest BCUT2D eigenvalue weighted by Crippen LogP contribution is 2.37. The molecule has 0 unspecified atom stereocenters. The molecule has 21 nitrogen and oxygen atoms in total. The van der Waals surface area contributed by atoms with Gasteiger partial charge in [0.05, 0.1) is 54.5 Å². The van der Waals surface area contributed by atoms with Crippen LogP contribution in [0.3, 0.4) is 0 Å². The van der Waals surface area contributed by atoms with Gasteiger partial charge in [0.25, 0.3) is 40.1 Å². The van der Waals surface area contributed by atoms with Crippen LogP contribution in [-0.2, 0) is 44.8 Å². The number of hydrogen-bond acceptors (Lipinski definition) is 17. The number of ether oxygens (including phenoxy) is 1.